The Bertz CT molecular complexity index is 956. The number of aliphatic hydroxyl groups excluding tert-OH is 3. The average molecular weight is 947 g/mol. The monoisotopic (exact) mass is 946 g/mol. The number of aliphatic hydroxyl groups is 3. The normalized spacial score (nSPS) is 13.2. The maximum atomic E-state index is 12.5. The average Bonchev–Trinajstić information content (AvgIpc) is 3.33. The molecule has 0 saturated heterocycles. The summed E-state index contributed by atoms with van der Waals surface area (Å²) >= 11 is 0. The second-order valence-electron chi connectivity index (χ2n) is 21.6. The van der Waals surface area contributed by atoms with Crippen molar-refractivity contribution in [1.82, 2.24) is 5.32 Å². The van der Waals surface area contributed by atoms with Crippen molar-refractivity contribution in [3.63, 3.8) is 0 Å². The maximum absolute atomic E-state index is 12.5. The van der Waals surface area contributed by atoms with Gasteiger partial charge < -0.3 is 20.6 Å². The molecule has 5 heteroatoms. The first-order chi connectivity index (χ1) is 33.1. The van der Waals surface area contributed by atoms with E-state index in [1.54, 1.807) is 0 Å². The highest BCUT2D eigenvalue weighted by Gasteiger charge is 2.26. The Morgan fingerprint density at radius 3 is 0.866 bits per heavy atom. The van der Waals surface area contributed by atoms with Gasteiger partial charge in [0.2, 0.25) is 5.91 Å². The van der Waals surface area contributed by atoms with Crippen molar-refractivity contribution >= 4 is 5.91 Å². The molecule has 0 aliphatic rings. The number of hydrogen-bond donors (Lipinski definition) is 4. The fourth-order valence-corrected chi connectivity index (χ4v) is 10.1. The van der Waals surface area contributed by atoms with Crippen LogP contribution in [0.15, 0.2) is 12.2 Å². The van der Waals surface area contributed by atoms with Gasteiger partial charge in [0.15, 0.2) is 0 Å². The third kappa shape index (κ3) is 52.7. The Morgan fingerprint density at radius 1 is 0.358 bits per heavy atom. The molecule has 0 fully saturated rings. The Morgan fingerprint density at radius 2 is 0.597 bits per heavy atom. The largest absolute Gasteiger partial charge is 0.394 e. The van der Waals surface area contributed by atoms with Gasteiger partial charge >= 0.3 is 0 Å². The van der Waals surface area contributed by atoms with E-state index in [0.29, 0.717) is 12.8 Å². The fourth-order valence-electron chi connectivity index (χ4n) is 10.1. The van der Waals surface area contributed by atoms with Crippen LogP contribution in [0.3, 0.4) is 0 Å². The number of nitrogens with one attached hydrogen (secondary N) is 1. The molecule has 0 aromatic rings. The third-order valence-electron chi connectivity index (χ3n) is 14.9. The van der Waals surface area contributed by atoms with Gasteiger partial charge in [-0.15, -0.1) is 0 Å². The molecule has 0 rings (SSSR count). The molecule has 5 nitrogen and oxygen atoms in total. The van der Waals surface area contributed by atoms with Crippen molar-refractivity contribution in [3.8, 4) is 0 Å². The van der Waals surface area contributed by atoms with Crippen molar-refractivity contribution in [3.05, 3.63) is 12.2 Å². The molecular formula is C62H123NO4. The van der Waals surface area contributed by atoms with Gasteiger partial charge in [0.25, 0.3) is 0 Å². The molecule has 3 atom stereocenters. The van der Waals surface area contributed by atoms with E-state index in [9.17, 15) is 20.1 Å². The molecule has 0 aliphatic carbocycles. The second kappa shape index (κ2) is 57.7. The van der Waals surface area contributed by atoms with Crippen LogP contribution in [0, 0.1) is 0 Å². The minimum atomic E-state index is -1.13. The summed E-state index contributed by atoms with van der Waals surface area (Å²) in [5.41, 5.74) is 0. The lowest BCUT2D eigenvalue weighted by atomic mass is 9.99. The lowest BCUT2D eigenvalue weighted by molar-refractivity contribution is -0.124. The minimum absolute atomic E-state index is 0.137. The van der Waals surface area contributed by atoms with E-state index in [2.05, 4.69) is 31.3 Å². The van der Waals surface area contributed by atoms with Gasteiger partial charge in [-0.05, 0) is 38.5 Å². The predicted octanol–water partition coefficient (Wildman–Crippen LogP) is 19.5. The second-order valence-corrected chi connectivity index (χ2v) is 21.6. The van der Waals surface area contributed by atoms with Crippen LogP contribution in [0.5, 0.6) is 0 Å². The summed E-state index contributed by atoms with van der Waals surface area (Å²) in [6, 6.07) is -0.806. The summed E-state index contributed by atoms with van der Waals surface area (Å²) in [6.07, 6.45) is 72.5. The lowest BCUT2D eigenvalue weighted by Gasteiger charge is -2.26. The van der Waals surface area contributed by atoms with Crippen LogP contribution in [0.25, 0.3) is 0 Å². The molecular weight excluding hydrogens is 823 g/mol. The van der Waals surface area contributed by atoms with E-state index in [-0.39, 0.29) is 12.5 Å². The van der Waals surface area contributed by atoms with E-state index >= 15 is 0 Å². The first kappa shape index (κ1) is 66.1. The predicted molar refractivity (Wildman–Crippen MR) is 296 cm³/mol. The van der Waals surface area contributed by atoms with E-state index in [4.69, 9.17) is 0 Å². The number of hydrogen-bond acceptors (Lipinski definition) is 4. The van der Waals surface area contributed by atoms with Crippen molar-refractivity contribution in [2.45, 2.75) is 372 Å². The van der Waals surface area contributed by atoms with Gasteiger partial charge in [-0.25, -0.2) is 0 Å². The molecule has 0 aliphatic heterocycles. The van der Waals surface area contributed by atoms with E-state index in [0.717, 1.165) is 32.1 Å². The molecule has 1 amide bonds. The van der Waals surface area contributed by atoms with Crippen molar-refractivity contribution in [1.29, 1.82) is 0 Å². The van der Waals surface area contributed by atoms with Crippen LogP contribution in [0.1, 0.15) is 354 Å². The molecule has 4 N–H and O–H groups in total. The lowest BCUT2D eigenvalue weighted by Crippen LogP contribution is -2.50. The summed E-state index contributed by atoms with van der Waals surface area (Å²) in [7, 11) is 0. The number of rotatable bonds is 58. The minimum Gasteiger partial charge on any atom is -0.394 e. The van der Waals surface area contributed by atoms with E-state index in [1.807, 2.05) is 0 Å². The molecule has 0 spiro atoms. The van der Waals surface area contributed by atoms with Gasteiger partial charge in [-0.2, -0.15) is 0 Å². The van der Waals surface area contributed by atoms with Crippen LogP contribution >= 0.6 is 0 Å². The summed E-state index contributed by atoms with van der Waals surface area (Å²) in [4.78, 5) is 12.5. The highest BCUT2D eigenvalue weighted by Crippen LogP contribution is 2.19. The Kier molecular flexibility index (Phi) is 56.9. The zero-order chi connectivity index (χ0) is 48.6. The molecule has 0 heterocycles. The Balaban J connectivity index is 3.45. The van der Waals surface area contributed by atoms with Gasteiger partial charge in [-0.3, -0.25) is 4.79 Å². The van der Waals surface area contributed by atoms with Crippen molar-refractivity contribution in [2.75, 3.05) is 6.61 Å². The fraction of sp³-hybridized carbons (Fsp3) is 0.952. The number of carbonyl (C=O) groups excluding carboxylic acids is 1. The summed E-state index contributed by atoms with van der Waals surface area (Å²) in [5, 5.41) is 33.8. The zero-order valence-electron chi connectivity index (χ0n) is 45.8. The molecule has 0 aromatic heterocycles. The highest BCUT2D eigenvalue weighted by atomic mass is 16.3. The molecule has 0 aromatic carbocycles. The molecule has 67 heavy (non-hydrogen) atoms. The molecule has 3 unspecified atom stereocenters. The van der Waals surface area contributed by atoms with Crippen LogP contribution in [0.2, 0.25) is 0 Å². The Hall–Kier alpha value is -0.910. The molecule has 400 valence electrons. The van der Waals surface area contributed by atoms with Crippen molar-refractivity contribution in [2.24, 2.45) is 0 Å². The zero-order valence-corrected chi connectivity index (χ0v) is 45.8. The first-order valence-corrected chi connectivity index (χ1v) is 31.0. The standard InChI is InChI=1S/C62H123NO4/c1-3-5-7-9-11-13-15-17-19-21-23-24-25-26-27-28-29-30-31-32-33-34-35-36-37-38-39-41-43-45-47-49-51-53-55-57-61(66)63-59(58-64)62(67)60(65)56-54-52-50-48-46-44-42-40-22-20-18-16-14-12-10-8-6-4-2/h28-29,59-60,62,64-65,67H,3-27,30-58H2,1-2H3,(H,63,66)/b29-28-. The SMILES string of the molecule is CCCCCCCCCCCCCCCC/C=C\CCCCCCCCCCCCCCCCCCCC(=O)NC(CO)C(O)C(O)CCCCCCCCCCCCCCCCCCCC. The van der Waals surface area contributed by atoms with Crippen LogP contribution < -0.4 is 5.32 Å². The summed E-state index contributed by atoms with van der Waals surface area (Å²) in [5.74, 6) is -0.137. The van der Waals surface area contributed by atoms with Gasteiger partial charge in [0.1, 0.15) is 6.10 Å². The van der Waals surface area contributed by atoms with Gasteiger partial charge in [-0.1, -0.05) is 321 Å². The maximum Gasteiger partial charge on any atom is 0.220 e. The van der Waals surface area contributed by atoms with E-state index < -0.39 is 18.2 Å². The number of carbonyl (C=O) groups is 1. The molecule has 0 radical (unpaired) electrons. The first-order valence-electron chi connectivity index (χ1n) is 31.0. The number of allylic oxidation sites excluding steroid dienone is 2. The quantitative estimate of drug-likeness (QED) is 0.0361. The molecule has 0 bridgehead atoms. The van der Waals surface area contributed by atoms with Crippen LogP contribution in [-0.4, -0.2) is 46.1 Å². The molecule has 0 saturated carbocycles. The van der Waals surface area contributed by atoms with Crippen molar-refractivity contribution < 1.29 is 20.1 Å². The summed E-state index contributed by atoms with van der Waals surface area (Å²) < 4.78 is 0. The summed E-state index contributed by atoms with van der Waals surface area (Å²) in [6.45, 7) is 4.23. The highest BCUT2D eigenvalue weighted by molar-refractivity contribution is 5.76. The number of unbranched alkanes of at least 4 members (excludes halogenated alkanes) is 48. The smallest absolute Gasteiger partial charge is 0.220 e. The van der Waals surface area contributed by atoms with Crippen LogP contribution in [-0.2, 0) is 4.79 Å². The van der Waals surface area contributed by atoms with Gasteiger partial charge in [0, 0.05) is 6.42 Å². The van der Waals surface area contributed by atoms with E-state index in [1.165, 1.54) is 295 Å². The topological polar surface area (TPSA) is 89.8 Å². The van der Waals surface area contributed by atoms with Crippen LogP contribution in [0.4, 0.5) is 0 Å². The van der Waals surface area contributed by atoms with Gasteiger partial charge in [0.05, 0.1) is 18.8 Å². The Labute approximate surface area is 420 Å². The number of amides is 1. The third-order valence-corrected chi connectivity index (χ3v) is 14.9.